The highest BCUT2D eigenvalue weighted by molar-refractivity contribution is 14.1. The number of carbonyl (C=O) groups is 1. The van der Waals surface area contributed by atoms with Crippen molar-refractivity contribution in [1.82, 2.24) is 4.90 Å². The van der Waals surface area contributed by atoms with Crippen molar-refractivity contribution in [1.29, 1.82) is 0 Å². The molecule has 8 nitrogen and oxygen atoms in total. The molecule has 0 spiro atoms. The molecule has 1 aliphatic rings. The maximum atomic E-state index is 12.6. The molecule has 1 aliphatic heterocycles. The molecule has 11 heteroatoms. The molecule has 3 rings (SSSR count). The van der Waals surface area contributed by atoms with E-state index in [4.69, 9.17) is 38.0 Å². The van der Waals surface area contributed by atoms with Crippen molar-refractivity contribution >= 4 is 63.1 Å². The maximum absolute atomic E-state index is 12.6. The van der Waals surface area contributed by atoms with Gasteiger partial charge >= 0.3 is 5.97 Å². The summed E-state index contributed by atoms with van der Waals surface area (Å²) in [5, 5.41) is 10.8. The van der Waals surface area contributed by atoms with Crippen molar-refractivity contribution in [2.45, 2.75) is 0 Å². The second-order valence-electron chi connectivity index (χ2n) is 6.20. The lowest BCUT2D eigenvalue weighted by atomic mass is 10.1. The Labute approximate surface area is 196 Å². The van der Waals surface area contributed by atoms with Gasteiger partial charge < -0.3 is 19.1 Å². The normalized spacial score (nSPS) is 13.6. The number of nitrogens with zero attached hydrogens (tertiary/aromatic N) is 2. The van der Waals surface area contributed by atoms with E-state index in [2.05, 4.69) is 0 Å². The highest BCUT2D eigenvalue weighted by atomic mass is 127. The minimum atomic E-state index is -0.755. The van der Waals surface area contributed by atoms with Gasteiger partial charge in [0.1, 0.15) is 4.99 Å². The quantitative estimate of drug-likeness (QED) is 0.134. The van der Waals surface area contributed by atoms with Crippen LogP contribution >= 0.6 is 46.4 Å². The van der Waals surface area contributed by atoms with Crippen molar-refractivity contribution in [2.24, 2.45) is 0 Å². The third-order valence-corrected chi connectivity index (χ3v) is 5.96. The van der Waals surface area contributed by atoms with E-state index in [1.807, 2.05) is 27.5 Å². The molecule has 0 saturated carbocycles. The summed E-state index contributed by atoms with van der Waals surface area (Å²) in [7, 11) is 1.46. The van der Waals surface area contributed by atoms with Crippen LogP contribution in [0, 0.1) is 13.7 Å². The van der Waals surface area contributed by atoms with Crippen LogP contribution in [0.1, 0.15) is 15.9 Å². The van der Waals surface area contributed by atoms with Crippen LogP contribution in [0.15, 0.2) is 30.3 Å². The van der Waals surface area contributed by atoms with E-state index in [0.29, 0.717) is 40.6 Å². The van der Waals surface area contributed by atoms with Gasteiger partial charge in [-0.2, -0.15) is 0 Å². The topological polar surface area (TPSA) is 91.1 Å². The van der Waals surface area contributed by atoms with Crippen molar-refractivity contribution in [3.8, 4) is 11.5 Å². The van der Waals surface area contributed by atoms with Crippen molar-refractivity contribution in [3.05, 3.63) is 60.2 Å². The van der Waals surface area contributed by atoms with Gasteiger partial charge in [-0.1, -0.05) is 23.8 Å². The summed E-state index contributed by atoms with van der Waals surface area (Å²) < 4.78 is 16.9. The molecule has 0 aliphatic carbocycles. The van der Waals surface area contributed by atoms with Crippen LogP contribution in [0.2, 0.25) is 5.02 Å². The maximum Gasteiger partial charge on any atom is 0.345 e. The Hall–Kier alpha value is -2.02. The molecule has 0 bridgehead atoms. The first-order chi connectivity index (χ1) is 14.3. The summed E-state index contributed by atoms with van der Waals surface area (Å²) in [6, 6.07) is 7.06. The monoisotopic (exact) mass is 562 g/mol. The molecule has 2 aromatic carbocycles. The average Bonchev–Trinajstić information content (AvgIpc) is 2.74. The molecule has 0 atom stereocenters. The molecule has 158 valence electrons. The number of carbonyl (C=O) groups excluding carboxylic acids is 1. The van der Waals surface area contributed by atoms with Gasteiger partial charge in [0.25, 0.3) is 5.69 Å². The number of ether oxygens (including phenoxy) is 3. The Balaban J connectivity index is 1.86. The number of thiocarbonyl (C=S) groups is 1. The zero-order valence-electron chi connectivity index (χ0n) is 15.7. The number of morpholine rings is 1. The van der Waals surface area contributed by atoms with E-state index in [-0.39, 0.29) is 22.0 Å². The summed E-state index contributed by atoms with van der Waals surface area (Å²) in [5.41, 5.74) is 0.555. The van der Waals surface area contributed by atoms with Gasteiger partial charge in [-0.25, -0.2) is 4.79 Å². The molecule has 0 radical (unpaired) electrons. The third-order valence-electron chi connectivity index (χ3n) is 4.35. The number of methoxy groups -OCH3 is 1. The van der Waals surface area contributed by atoms with E-state index < -0.39 is 10.9 Å². The number of benzene rings is 2. The molecular weight excluding hydrogens is 547 g/mol. The molecule has 0 aromatic heterocycles. The first-order valence-electron chi connectivity index (χ1n) is 8.72. The van der Waals surface area contributed by atoms with E-state index in [0.717, 1.165) is 11.6 Å². The SMILES string of the molecule is COc1cc(C(=S)N2CCOCC2)cc(I)c1OC(=O)c1ccc([N+](=O)[O-])cc1Cl. The number of nitro benzene ring substituents is 1. The Morgan fingerprint density at radius 1 is 1.30 bits per heavy atom. The smallest absolute Gasteiger partial charge is 0.345 e. The fourth-order valence-corrected chi connectivity index (χ4v) is 4.09. The molecule has 1 heterocycles. The zero-order chi connectivity index (χ0) is 21.8. The second-order valence-corrected chi connectivity index (χ2v) is 8.16. The van der Waals surface area contributed by atoms with Crippen LogP contribution in [0.4, 0.5) is 5.69 Å². The summed E-state index contributed by atoms with van der Waals surface area (Å²) in [6.07, 6.45) is 0. The van der Waals surface area contributed by atoms with Crippen molar-refractivity contribution in [2.75, 3.05) is 33.4 Å². The minimum Gasteiger partial charge on any atom is -0.493 e. The van der Waals surface area contributed by atoms with Gasteiger partial charge in [-0.15, -0.1) is 0 Å². The van der Waals surface area contributed by atoms with Crippen LogP contribution < -0.4 is 9.47 Å². The van der Waals surface area contributed by atoms with Crippen LogP contribution in [-0.4, -0.2) is 54.2 Å². The predicted octanol–water partition coefficient (Wildman–Crippen LogP) is 4.09. The molecule has 1 saturated heterocycles. The number of nitro groups is 1. The van der Waals surface area contributed by atoms with E-state index >= 15 is 0 Å². The highest BCUT2D eigenvalue weighted by Gasteiger charge is 2.23. The fraction of sp³-hybridized carbons (Fsp3) is 0.263. The standard InChI is InChI=1S/C19H16ClIN2O6S/c1-27-16-9-11(18(30)22-4-6-28-7-5-22)8-15(21)17(16)29-19(24)13-3-2-12(23(25)26)10-14(13)20/h2-3,8-10H,4-7H2,1H3. The molecule has 0 unspecified atom stereocenters. The van der Waals surface area contributed by atoms with Crippen LogP contribution in [-0.2, 0) is 4.74 Å². The second kappa shape index (κ2) is 9.86. The summed E-state index contributed by atoms with van der Waals surface area (Å²) >= 11 is 13.7. The summed E-state index contributed by atoms with van der Waals surface area (Å²) in [4.78, 5) is 25.6. The van der Waals surface area contributed by atoms with Gasteiger partial charge in [0.2, 0.25) is 0 Å². The van der Waals surface area contributed by atoms with Gasteiger partial charge in [0.15, 0.2) is 11.5 Å². The molecule has 0 N–H and O–H groups in total. The summed E-state index contributed by atoms with van der Waals surface area (Å²) in [6.45, 7) is 2.63. The number of hydrogen-bond donors (Lipinski definition) is 0. The highest BCUT2D eigenvalue weighted by Crippen LogP contribution is 2.36. The molecular formula is C19H16ClIN2O6S. The lowest BCUT2D eigenvalue weighted by molar-refractivity contribution is -0.384. The van der Waals surface area contributed by atoms with E-state index in [9.17, 15) is 14.9 Å². The molecule has 1 fully saturated rings. The number of non-ortho nitro benzene ring substituents is 1. The number of rotatable bonds is 5. The van der Waals surface area contributed by atoms with Gasteiger partial charge in [-0.05, 0) is 40.8 Å². The average molecular weight is 563 g/mol. The zero-order valence-corrected chi connectivity index (χ0v) is 19.5. The molecule has 30 heavy (non-hydrogen) atoms. The first kappa shape index (κ1) is 22.7. The van der Waals surface area contributed by atoms with Crippen molar-refractivity contribution < 1.29 is 23.9 Å². The van der Waals surface area contributed by atoms with Gasteiger partial charge in [0, 0.05) is 30.8 Å². The Kier molecular flexibility index (Phi) is 7.45. The lowest BCUT2D eigenvalue weighted by Gasteiger charge is -2.29. The van der Waals surface area contributed by atoms with Crippen LogP contribution in [0.3, 0.4) is 0 Å². The Morgan fingerprint density at radius 2 is 2.00 bits per heavy atom. The van der Waals surface area contributed by atoms with Gasteiger partial charge in [0.05, 0.1) is 39.4 Å². The predicted molar refractivity (Wildman–Crippen MR) is 123 cm³/mol. The Bertz CT molecular complexity index is 1010. The minimum absolute atomic E-state index is 0.00744. The molecule has 0 amide bonds. The Morgan fingerprint density at radius 3 is 2.60 bits per heavy atom. The van der Waals surface area contributed by atoms with Gasteiger partial charge in [-0.3, -0.25) is 10.1 Å². The van der Waals surface area contributed by atoms with Crippen LogP contribution in [0.25, 0.3) is 0 Å². The lowest BCUT2D eigenvalue weighted by Crippen LogP contribution is -2.40. The first-order valence-corrected chi connectivity index (χ1v) is 10.6. The molecule has 2 aromatic rings. The van der Waals surface area contributed by atoms with E-state index in [1.54, 1.807) is 12.1 Å². The van der Waals surface area contributed by atoms with E-state index in [1.165, 1.54) is 19.2 Å². The number of halogens is 2. The largest absolute Gasteiger partial charge is 0.493 e. The fourth-order valence-electron chi connectivity index (χ4n) is 2.82. The van der Waals surface area contributed by atoms with Crippen LogP contribution in [0.5, 0.6) is 11.5 Å². The number of hydrogen-bond acceptors (Lipinski definition) is 7. The van der Waals surface area contributed by atoms with Crippen molar-refractivity contribution in [3.63, 3.8) is 0 Å². The summed E-state index contributed by atoms with van der Waals surface area (Å²) in [5.74, 6) is -0.209. The number of esters is 1. The third kappa shape index (κ3) is 4.99.